The molecule has 5 heteroatoms. The van der Waals surface area contributed by atoms with Crippen LogP contribution in [0.5, 0.6) is 0 Å². The van der Waals surface area contributed by atoms with Crippen molar-refractivity contribution < 1.29 is 4.74 Å². The van der Waals surface area contributed by atoms with Crippen LogP contribution in [-0.4, -0.2) is 29.3 Å². The molecule has 0 fully saturated rings. The van der Waals surface area contributed by atoms with Crippen LogP contribution in [0.25, 0.3) is 0 Å². The zero-order valence-electron chi connectivity index (χ0n) is 9.24. The van der Waals surface area contributed by atoms with Crippen molar-refractivity contribution in [1.29, 1.82) is 0 Å². The molecule has 15 heavy (non-hydrogen) atoms. The van der Waals surface area contributed by atoms with Gasteiger partial charge in [0.1, 0.15) is 0 Å². The van der Waals surface area contributed by atoms with E-state index in [1.807, 2.05) is 5.38 Å². The van der Waals surface area contributed by atoms with Gasteiger partial charge in [-0.25, -0.2) is 0 Å². The third-order valence-corrected chi connectivity index (χ3v) is 2.55. The fourth-order valence-corrected chi connectivity index (χ4v) is 1.58. The first-order valence-corrected chi connectivity index (χ1v) is 6.31. The SMILES string of the molecule is CCCCOCCCNCc1csnn1. The summed E-state index contributed by atoms with van der Waals surface area (Å²) in [6.07, 6.45) is 3.42. The molecule has 1 aromatic rings. The van der Waals surface area contributed by atoms with E-state index in [1.54, 1.807) is 0 Å². The van der Waals surface area contributed by atoms with Crippen molar-refractivity contribution in [3.63, 3.8) is 0 Å². The smallest absolute Gasteiger partial charge is 0.0893 e. The van der Waals surface area contributed by atoms with Crippen LogP contribution in [0.2, 0.25) is 0 Å². The largest absolute Gasteiger partial charge is 0.381 e. The van der Waals surface area contributed by atoms with E-state index in [2.05, 4.69) is 21.8 Å². The molecule has 0 aromatic carbocycles. The predicted octanol–water partition coefficient (Wildman–Crippen LogP) is 1.83. The van der Waals surface area contributed by atoms with Crippen molar-refractivity contribution in [2.75, 3.05) is 19.8 Å². The minimum atomic E-state index is 0.811. The Morgan fingerprint density at radius 1 is 1.40 bits per heavy atom. The zero-order chi connectivity index (χ0) is 10.8. The molecule has 0 amide bonds. The lowest BCUT2D eigenvalue weighted by Crippen LogP contribution is -2.16. The highest BCUT2D eigenvalue weighted by molar-refractivity contribution is 7.03. The molecule has 0 aliphatic rings. The number of ether oxygens (including phenoxy) is 1. The summed E-state index contributed by atoms with van der Waals surface area (Å²) in [6, 6.07) is 0. The van der Waals surface area contributed by atoms with Gasteiger partial charge in [0.05, 0.1) is 5.69 Å². The number of unbranched alkanes of at least 4 members (excludes halogenated alkanes) is 1. The summed E-state index contributed by atoms with van der Waals surface area (Å²) in [5.74, 6) is 0. The van der Waals surface area contributed by atoms with Crippen LogP contribution in [0.1, 0.15) is 31.9 Å². The number of aromatic nitrogens is 2. The van der Waals surface area contributed by atoms with Crippen LogP contribution in [0, 0.1) is 0 Å². The van der Waals surface area contributed by atoms with Gasteiger partial charge in [0.15, 0.2) is 0 Å². The third kappa shape index (κ3) is 6.54. The Labute approximate surface area is 95.2 Å². The number of hydrogen-bond acceptors (Lipinski definition) is 5. The lowest BCUT2D eigenvalue weighted by molar-refractivity contribution is 0.128. The van der Waals surface area contributed by atoms with Gasteiger partial charge in [0, 0.05) is 25.1 Å². The maximum atomic E-state index is 5.45. The van der Waals surface area contributed by atoms with Gasteiger partial charge in [-0.15, -0.1) is 5.10 Å². The van der Waals surface area contributed by atoms with Gasteiger partial charge in [-0.05, 0) is 30.9 Å². The van der Waals surface area contributed by atoms with Crippen LogP contribution >= 0.6 is 11.5 Å². The van der Waals surface area contributed by atoms with Crippen LogP contribution < -0.4 is 5.32 Å². The molecule has 0 aliphatic heterocycles. The normalized spacial score (nSPS) is 10.7. The molecule has 0 aliphatic carbocycles. The molecule has 4 nitrogen and oxygen atoms in total. The fourth-order valence-electron chi connectivity index (χ4n) is 1.13. The van der Waals surface area contributed by atoms with Gasteiger partial charge < -0.3 is 10.1 Å². The Morgan fingerprint density at radius 3 is 3.00 bits per heavy atom. The standard InChI is InChI=1S/C10H19N3OS/c1-2-3-6-14-7-4-5-11-8-10-9-15-13-12-10/h9,11H,2-8H2,1H3. The summed E-state index contributed by atoms with van der Waals surface area (Å²) in [5.41, 5.74) is 1.02. The van der Waals surface area contributed by atoms with Gasteiger partial charge in [0.25, 0.3) is 0 Å². The average Bonchev–Trinajstić information content (AvgIpc) is 2.75. The molecule has 0 unspecified atom stereocenters. The molecule has 0 saturated carbocycles. The van der Waals surface area contributed by atoms with Crippen LogP contribution in [-0.2, 0) is 11.3 Å². The van der Waals surface area contributed by atoms with E-state index >= 15 is 0 Å². The Kier molecular flexibility index (Phi) is 7.33. The van der Waals surface area contributed by atoms with E-state index in [0.29, 0.717) is 0 Å². The van der Waals surface area contributed by atoms with E-state index in [0.717, 1.165) is 44.8 Å². The summed E-state index contributed by atoms with van der Waals surface area (Å²) < 4.78 is 9.24. The van der Waals surface area contributed by atoms with Gasteiger partial charge in [-0.1, -0.05) is 17.8 Å². The van der Waals surface area contributed by atoms with Crippen LogP contribution in [0.3, 0.4) is 0 Å². The fraction of sp³-hybridized carbons (Fsp3) is 0.800. The second-order valence-electron chi connectivity index (χ2n) is 3.39. The quantitative estimate of drug-likeness (QED) is 0.656. The molecule has 86 valence electrons. The van der Waals surface area contributed by atoms with Gasteiger partial charge >= 0.3 is 0 Å². The van der Waals surface area contributed by atoms with Crippen molar-refractivity contribution in [2.45, 2.75) is 32.7 Å². The Bertz CT molecular complexity index is 229. The highest BCUT2D eigenvalue weighted by Gasteiger charge is 1.94. The summed E-state index contributed by atoms with van der Waals surface area (Å²) >= 11 is 1.39. The highest BCUT2D eigenvalue weighted by atomic mass is 32.1. The number of nitrogens with zero attached hydrogens (tertiary/aromatic N) is 2. The third-order valence-electron chi connectivity index (χ3n) is 2.00. The van der Waals surface area contributed by atoms with E-state index in [-0.39, 0.29) is 0 Å². The highest BCUT2D eigenvalue weighted by Crippen LogP contribution is 1.95. The minimum Gasteiger partial charge on any atom is -0.381 e. The van der Waals surface area contributed by atoms with Crippen LogP contribution in [0.4, 0.5) is 0 Å². The molecule has 0 atom stereocenters. The first-order chi connectivity index (χ1) is 7.43. The first-order valence-electron chi connectivity index (χ1n) is 5.48. The Morgan fingerprint density at radius 2 is 2.27 bits per heavy atom. The minimum absolute atomic E-state index is 0.811. The van der Waals surface area contributed by atoms with E-state index < -0.39 is 0 Å². The summed E-state index contributed by atoms with van der Waals surface area (Å²) in [4.78, 5) is 0. The maximum Gasteiger partial charge on any atom is 0.0893 e. The second kappa shape index (κ2) is 8.76. The summed E-state index contributed by atoms with van der Waals surface area (Å²) in [5, 5.41) is 9.22. The van der Waals surface area contributed by atoms with Crippen molar-refractivity contribution in [1.82, 2.24) is 14.9 Å². The van der Waals surface area contributed by atoms with E-state index in [1.165, 1.54) is 18.0 Å². The van der Waals surface area contributed by atoms with Crippen LogP contribution in [0.15, 0.2) is 5.38 Å². The lowest BCUT2D eigenvalue weighted by Gasteiger charge is -2.03. The molecular formula is C10H19N3OS. The number of nitrogens with one attached hydrogen (secondary N) is 1. The summed E-state index contributed by atoms with van der Waals surface area (Å²) in [7, 11) is 0. The molecule has 0 saturated heterocycles. The van der Waals surface area contributed by atoms with Crippen molar-refractivity contribution >= 4 is 11.5 Å². The molecule has 1 heterocycles. The van der Waals surface area contributed by atoms with Gasteiger partial charge in [-0.3, -0.25) is 0 Å². The lowest BCUT2D eigenvalue weighted by atomic mass is 10.3. The molecule has 0 spiro atoms. The molecule has 1 N–H and O–H groups in total. The van der Waals surface area contributed by atoms with Gasteiger partial charge in [0.2, 0.25) is 0 Å². The number of rotatable bonds is 9. The Hall–Kier alpha value is -0.520. The van der Waals surface area contributed by atoms with E-state index in [4.69, 9.17) is 4.74 Å². The summed E-state index contributed by atoms with van der Waals surface area (Å²) in [6.45, 7) is 5.71. The molecule has 0 bridgehead atoms. The Balaban J connectivity index is 1.81. The molecule has 0 radical (unpaired) electrons. The van der Waals surface area contributed by atoms with Crippen molar-refractivity contribution in [2.24, 2.45) is 0 Å². The maximum absolute atomic E-state index is 5.45. The topological polar surface area (TPSA) is 47.0 Å². The number of hydrogen-bond donors (Lipinski definition) is 1. The zero-order valence-corrected chi connectivity index (χ0v) is 10.1. The van der Waals surface area contributed by atoms with Crippen molar-refractivity contribution in [3.05, 3.63) is 11.1 Å². The monoisotopic (exact) mass is 229 g/mol. The van der Waals surface area contributed by atoms with Crippen molar-refractivity contribution in [3.8, 4) is 0 Å². The predicted molar refractivity (Wildman–Crippen MR) is 62.0 cm³/mol. The molecule has 1 aromatic heterocycles. The molecule has 1 rings (SSSR count). The molecular weight excluding hydrogens is 210 g/mol. The average molecular weight is 229 g/mol. The first kappa shape index (κ1) is 12.5. The van der Waals surface area contributed by atoms with Gasteiger partial charge in [-0.2, -0.15) is 0 Å². The van der Waals surface area contributed by atoms with E-state index in [9.17, 15) is 0 Å². The second-order valence-corrected chi connectivity index (χ2v) is 4.00.